The number of nitrogens with zero attached hydrogens (tertiary/aromatic N) is 2. The number of hydrogen-bond donors (Lipinski definition) is 1. The number of halogens is 4. The predicted molar refractivity (Wildman–Crippen MR) is 114 cm³/mol. The first-order valence-electron chi connectivity index (χ1n) is 9.94. The van der Waals surface area contributed by atoms with Gasteiger partial charge in [-0.15, -0.1) is 0 Å². The minimum absolute atomic E-state index is 0.00145. The van der Waals surface area contributed by atoms with E-state index in [1.807, 2.05) is 11.0 Å². The van der Waals surface area contributed by atoms with Gasteiger partial charge in [-0.25, -0.2) is 0 Å². The highest BCUT2D eigenvalue weighted by molar-refractivity contribution is 6.31. The number of amides is 2. The van der Waals surface area contributed by atoms with Crippen LogP contribution >= 0.6 is 11.6 Å². The third-order valence-electron chi connectivity index (χ3n) is 5.20. The van der Waals surface area contributed by atoms with Gasteiger partial charge in [-0.1, -0.05) is 41.9 Å². The lowest BCUT2D eigenvalue weighted by atomic mass is 10.0. The molecule has 32 heavy (non-hydrogen) atoms. The molecule has 0 aliphatic carbocycles. The molecular formula is C22H23ClF3N3O3. The second-order valence-corrected chi connectivity index (χ2v) is 7.75. The third kappa shape index (κ3) is 5.79. The Morgan fingerprint density at radius 1 is 1.09 bits per heavy atom. The fourth-order valence-electron chi connectivity index (χ4n) is 3.64. The van der Waals surface area contributed by atoms with Crippen LogP contribution in [0.15, 0.2) is 48.5 Å². The van der Waals surface area contributed by atoms with Gasteiger partial charge in [0, 0.05) is 39.0 Å². The maximum absolute atomic E-state index is 13.2. The van der Waals surface area contributed by atoms with E-state index in [-0.39, 0.29) is 18.2 Å². The monoisotopic (exact) mass is 469 g/mol. The van der Waals surface area contributed by atoms with Crippen LogP contribution in [-0.4, -0.2) is 61.5 Å². The SMILES string of the molecule is COCC(=O)N1CCN(C(C(=O)Nc2ccc(Cl)c(C(F)(F)F)c2)c2ccccc2)CC1. The van der Waals surface area contributed by atoms with Crippen molar-refractivity contribution in [1.82, 2.24) is 9.80 Å². The van der Waals surface area contributed by atoms with Gasteiger partial charge in [-0.05, 0) is 23.8 Å². The van der Waals surface area contributed by atoms with Gasteiger partial charge in [0.05, 0.1) is 10.6 Å². The van der Waals surface area contributed by atoms with Gasteiger partial charge in [-0.2, -0.15) is 13.2 Å². The first-order valence-corrected chi connectivity index (χ1v) is 10.3. The number of rotatable bonds is 6. The Morgan fingerprint density at radius 3 is 2.34 bits per heavy atom. The van der Waals surface area contributed by atoms with Crippen molar-refractivity contribution in [3.63, 3.8) is 0 Å². The zero-order chi connectivity index (χ0) is 23.3. The lowest BCUT2D eigenvalue weighted by molar-refractivity contribution is -0.138. The van der Waals surface area contributed by atoms with Crippen LogP contribution in [0.1, 0.15) is 17.2 Å². The summed E-state index contributed by atoms with van der Waals surface area (Å²) >= 11 is 5.68. The second kappa shape index (κ2) is 10.3. The number of benzene rings is 2. The van der Waals surface area contributed by atoms with Crippen molar-refractivity contribution in [1.29, 1.82) is 0 Å². The molecule has 0 aromatic heterocycles. The lowest BCUT2D eigenvalue weighted by Crippen LogP contribution is -2.52. The molecule has 0 bridgehead atoms. The van der Waals surface area contributed by atoms with Crippen LogP contribution in [-0.2, 0) is 20.5 Å². The van der Waals surface area contributed by atoms with Crippen molar-refractivity contribution < 1.29 is 27.5 Å². The summed E-state index contributed by atoms with van der Waals surface area (Å²) in [5, 5.41) is 2.15. The zero-order valence-electron chi connectivity index (χ0n) is 17.4. The van der Waals surface area contributed by atoms with E-state index < -0.39 is 28.7 Å². The van der Waals surface area contributed by atoms with Crippen LogP contribution in [0.3, 0.4) is 0 Å². The molecule has 1 aliphatic rings. The summed E-state index contributed by atoms with van der Waals surface area (Å²) in [7, 11) is 1.45. The van der Waals surface area contributed by atoms with Crippen LogP contribution in [0, 0.1) is 0 Å². The van der Waals surface area contributed by atoms with Gasteiger partial charge in [0.15, 0.2) is 0 Å². The summed E-state index contributed by atoms with van der Waals surface area (Å²) in [6.07, 6.45) is -4.64. The van der Waals surface area contributed by atoms with E-state index >= 15 is 0 Å². The average Bonchev–Trinajstić information content (AvgIpc) is 2.76. The third-order valence-corrected chi connectivity index (χ3v) is 5.53. The summed E-state index contributed by atoms with van der Waals surface area (Å²) < 4.78 is 44.5. The van der Waals surface area contributed by atoms with Crippen LogP contribution < -0.4 is 5.32 Å². The number of carbonyl (C=O) groups excluding carboxylic acids is 2. The molecule has 2 amide bonds. The molecule has 1 fully saturated rings. The highest BCUT2D eigenvalue weighted by Gasteiger charge is 2.35. The number of methoxy groups -OCH3 is 1. The molecule has 0 radical (unpaired) electrons. The van der Waals surface area contributed by atoms with Gasteiger partial charge in [-0.3, -0.25) is 14.5 Å². The second-order valence-electron chi connectivity index (χ2n) is 7.34. The average molecular weight is 470 g/mol. The lowest BCUT2D eigenvalue weighted by Gasteiger charge is -2.38. The predicted octanol–water partition coefficient (Wildman–Crippen LogP) is 3.83. The van der Waals surface area contributed by atoms with Gasteiger partial charge < -0.3 is 15.0 Å². The molecule has 2 aromatic rings. The number of ether oxygens (including phenoxy) is 1. The highest BCUT2D eigenvalue weighted by Crippen LogP contribution is 2.36. The maximum atomic E-state index is 13.2. The van der Waals surface area contributed by atoms with Crippen LogP contribution in [0.5, 0.6) is 0 Å². The van der Waals surface area contributed by atoms with E-state index in [9.17, 15) is 22.8 Å². The van der Waals surface area contributed by atoms with Gasteiger partial charge in [0.25, 0.3) is 0 Å². The van der Waals surface area contributed by atoms with E-state index in [4.69, 9.17) is 16.3 Å². The molecule has 172 valence electrons. The van der Waals surface area contributed by atoms with E-state index in [0.29, 0.717) is 31.7 Å². The molecule has 10 heteroatoms. The molecule has 1 aliphatic heterocycles. The smallest absolute Gasteiger partial charge is 0.375 e. The van der Waals surface area contributed by atoms with Crippen LogP contribution in [0.25, 0.3) is 0 Å². The largest absolute Gasteiger partial charge is 0.417 e. The molecule has 1 unspecified atom stereocenters. The highest BCUT2D eigenvalue weighted by atomic mass is 35.5. The fraction of sp³-hybridized carbons (Fsp3) is 0.364. The van der Waals surface area contributed by atoms with Crippen molar-refractivity contribution in [2.24, 2.45) is 0 Å². The minimum Gasteiger partial charge on any atom is -0.375 e. The first-order chi connectivity index (χ1) is 15.2. The Labute approximate surface area is 188 Å². The molecule has 1 N–H and O–H groups in total. The molecule has 1 heterocycles. The molecule has 1 saturated heterocycles. The number of nitrogens with one attached hydrogen (secondary N) is 1. The Hall–Kier alpha value is -2.62. The zero-order valence-corrected chi connectivity index (χ0v) is 18.1. The summed E-state index contributed by atoms with van der Waals surface area (Å²) in [6.45, 7) is 1.67. The summed E-state index contributed by atoms with van der Waals surface area (Å²) in [4.78, 5) is 28.8. The Kier molecular flexibility index (Phi) is 7.76. The quantitative estimate of drug-likeness (QED) is 0.698. The molecule has 0 spiro atoms. The number of hydrogen-bond acceptors (Lipinski definition) is 4. The normalized spacial score (nSPS) is 16.0. The van der Waals surface area contributed by atoms with Gasteiger partial charge in [0.2, 0.25) is 11.8 Å². The van der Waals surface area contributed by atoms with Crippen LogP contribution in [0.4, 0.5) is 18.9 Å². The van der Waals surface area contributed by atoms with Gasteiger partial charge in [0.1, 0.15) is 12.6 Å². The first kappa shape index (κ1) is 24.0. The van der Waals surface area contributed by atoms with Crippen molar-refractivity contribution in [2.45, 2.75) is 12.2 Å². The Bertz CT molecular complexity index is 948. The summed E-state index contributed by atoms with van der Waals surface area (Å²) in [6, 6.07) is 11.5. The van der Waals surface area contributed by atoms with E-state index in [2.05, 4.69) is 5.32 Å². The maximum Gasteiger partial charge on any atom is 0.417 e. The van der Waals surface area contributed by atoms with Crippen molar-refractivity contribution in [2.75, 3.05) is 45.2 Å². The van der Waals surface area contributed by atoms with Gasteiger partial charge >= 0.3 is 6.18 Å². The van der Waals surface area contributed by atoms with Crippen molar-refractivity contribution in [3.05, 3.63) is 64.7 Å². The number of anilines is 1. The minimum atomic E-state index is -4.64. The fourth-order valence-corrected chi connectivity index (χ4v) is 3.86. The molecule has 6 nitrogen and oxygen atoms in total. The summed E-state index contributed by atoms with van der Waals surface area (Å²) in [5.74, 6) is -0.600. The number of carbonyl (C=O) groups is 2. The Balaban J connectivity index is 1.80. The number of alkyl halides is 3. The standard InChI is InChI=1S/C22H23ClF3N3O3/c1-32-14-19(30)28-9-11-29(12-10-28)20(15-5-3-2-4-6-15)21(31)27-16-7-8-18(23)17(13-16)22(24,25)26/h2-8,13,20H,9-12,14H2,1H3,(H,27,31). The molecule has 1 atom stereocenters. The van der Waals surface area contributed by atoms with Crippen LogP contribution in [0.2, 0.25) is 5.02 Å². The number of piperazine rings is 1. The molecule has 0 saturated carbocycles. The van der Waals surface area contributed by atoms with E-state index in [1.165, 1.54) is 13.2 Å². The Morgan fingerprint density at radius 2 is 1.75 bits per heavy atom. The van der Waals surface area contributed by atoms with E-state index in [0.717, 1.165) is 12.1 Å². The van der Waals surface area contributed by atoms with E-state index in [1.54, 1.807) is 29.2 Å². The molecule has 2 aromatic carbocycles. The summed E-state index contributed by atoms with van der Waals surface area (Å²) in [5.41, 5.74) is -0.313. The molecule has 3 rings (SSSR count). The topological polar surface area (TPSA) is 61.9 Å². The molecular weight excluding hydrogens is 447 g/mol. The van der Waals surface area contributed by atoms with Crippen molar-refractivity contribution >= 4 is 29.1 Å². The van der Waals surface area contributed by atoms with Crippen molar-refractivity contribution in [3.8, 4) is 0 Å².